The minimum absolute atomic E-state index is 0.0767. The van der Waals surface area contributed by atoms with E-state index in [0.717, 1.165) is 32.1 Å². The Morgan fingerprint density at radius 2 is 1.03 bits per heavy atom. The highest BCUT2D eigenvalue weighted by molar-refractivity contribution is 5.76. The molecule has 4 heteroatoms. The molecule has 0 aromatic heterocycles. The van der Waals surface area contributed by atoms with Crippen LogP contribution in [0.3, 0.4) is 0 Å². The summed E-state index contributed by atoms with van der Waals surface area (Å²) >= 11 is 0. The van der Waals surface area contributed by atoms with Gasteiger partial charge >= 0.3 is 0 Å². The smallest absolute Gasteiger partial charge is 0.220 e. The first-order valence-electron chi connectivity index (χ1n) is 16.1. The first-order valence-corrected chi connectivity index (χ1v) is 16.1. The van der Waals surface area contributed by atoms with E-state index in [1.54, 1.807) is 6.08 Å². The van der Waals surface area contributed by atoms with Gasteiger partial charge in [-0.3, -0.25) is 4.79 Å². The molecule has 0 aromatic carbocycles. The molecule has 0 aliphatic heterocycles. The zero-order chi connectivity index (χ0) is 27.2. The van der Waals surface area contributed by atoms with Gasteiger partial charge in [0.15, 0.2) is 0 Å². The molecular formula is C33H63NO3. The monoisotopic (exact) mass is 521 g/mol. The Bertz CT molecular complexity index is 532. The molecule has 0 bridgehead atoms. The molecule has 0 saturated carbocycles. The largest absolute Gasteiger partial charge is 0.394 e. The minimum atomic E-state index is -0.836. The molecule has 0 saturated heterocycles. The van der Waals surface area contributed by atoms with Crippen LogP contribution in [0, 0.1) is 0 Å². The van der Waals surface area contributed by atoms with Gasteiger partial charge < -0.3 is 15.5 Å². The summed E-state index contributed by atoms with van der Waals surface area (Å²) in [5.41, 5.74) is 0. The Hall–Kier alpha value is -1.13. The fourth-order valence-corrected chi connectivity index (χ4v) is 4.64. The summed E-state index contributed by atoms with van der Waals surface area (Å²) in [6.07, 6.45) is 35.3. The number of aliphatic hydroxyl groups is 2. The summed E-state index contributed by atoms with van der Waals surface area (Å²) in [5, 5.41) is 22.7. The number of hydrogen-bond acceptors (Lipinski definition) is 3. The van der Waals surface area contributed by atoms with Gasteiger partial charge in [-0.1, -0.05) is 134 Å². The number of nitrogens with one attached hydrogen (secondary N) is 1. The van der Waals surface area contributed by atoms with E-state index < -0.39 is 12.1 Å². The number of carbonyl (C=O) groups excluding carboxylic acids is 1. The van der Waals surface area contributed by atoms with Crippen molar-refractivity contribution in [1.82, 2.24) is 5.32 Å². The van der Waals surface area contributed by atoms with Crippen LogP contribution in [-0.2, 0) is 4.79 Å². The topological polar surface area (TPSA) is 69.6 Å². The third-order valence-corrected chi connectivity index (χ3v) is 7.18. The fraction of sp³-hybridized carbons (Fsp3) is 0.848. The van der Waals surface area contributed by atoms with E-state index in [9.17, 15) is 15.0 Å². The lowest BCUT2D eigenvalue weighted by atomic mass is 10.1. The first kappa shape index (κ1) is 35.9. The highest BCUT2D eigenvalue weighted by Gasteiger charge is 2.17. The lowest BCUT2D eigenvalue weighted by molar-refractivity contribution is -0.123. The number of amides is 1. The van der Waals surface area contributed by atoms with Crippen molar-refractivity contribution in [2.45, 2.75) is 174 Å². The molecule has 0 unspecified atom stereocenters. The maximum atomic E-state index is 12.2. The summed E-state index contributed by atoms with van der Waals surface area (Å²) in [6.45, 7) is 4.26. The van der Waals surface area contributed by atoms with Gasteiger partial charge in [0, 0.05) is 6.42 Å². The van der Waals surface area contributed by atoms with Gasteiger partial charge in [-0.2, -0.15) is 0 Å². The molecule has 0 rings (SSSR count). The third kappa shape index (κ3) is 26.3. The Balaban J connectivity index is 3.67. The highest BCUT2D eigenvalue weighted by Crippen LogP contribution is 2.11. The Labute approximate surface area is 230 Å². The molecule has 0 heterocycles. The predicted molar refractivity (Wildman–Crippen MR) is 161 cm³/mol. The van der Waals surface area contributed by atoms with E-state index in [-0.39, 0.29) is 12.5 Å². The van der Waals surface area contributed by atoms with Crippen LogP contribution in [0.2, 0.25) is 0 Å². The normalized spacial score (nSPS) is 13.5. The van der Waals surface area contributed by atoms with E-state index in [2.05, 4.69) is 31.3 Å². The van der Waals surface area contributed by atoms with Crippen LogP contribution >= 0.6 is 0 Å². The lowest BCUT2D eigenvalue weighted by Gasteiger charge is -2.20. The van der Waals surface area contributed by atoms with Crippen LogP contribution in [0.25, 0.3) is 0 Å². The van der Waals surface area contributed by atoms with E-state index in [1.807, 2.05) is 6.08 Å². The number of rotatable bonds is 28. The average Bonchev–Trinajstić information content (AvgIpc) is 2.90. The summed E-state index contributed by atoms with van der Waals surface area (Å²) < 4.78 is 0. The highest BCUT2D eigenvalue weighted by atomic mass is 16.3. The van der Waals surface area contributed by atoms with Crippen molar-refractivity contribution < 1.29 is 15.0 Å². The fourth-order valence-electron chi connectivity index (χ4n) is 4.64. The second-order valence-electron chi connectivity index (χ2n) is 10.9. The van der Waals surface area contributed by atoms with Gasteiger partial charge in [-0.25, -0.2) is 0 Å². The average molecular weight is 522 g/mol. The molecule has 0 aliphatic carbocycles. The number of allylic oxidation sites excluding steroid dienone is 3. The SMILES string of the molecule is CCCCCCCC/C=C/CCCCCCCC(=O)N[C@@H](CO)[C@H](O)/C=C/CCCCCCCCCC. The van der Waals surface area contributed by atoms with Crippen LogP contribution < -0.4 is 5.32 Å². The van der Waals surface area contributed by atoms with Crippen LogP contribution in [0.1, 0.15) is 162 Å². The molecule has 0 fully saturated rings. The third-order valence-electron chi connectivity index (χ3n) is 7.18. The Morgan fingerprint density at radius 1 is 0.622 bits per heavy atom. The first-order chi connectivity index (χ1) is 18.2. The van der Waals surface area contributed by atoms with Gasteiger partial charge in [0.1, 0.15) is 0 Å². The van der Waals surface area contributed by atoms with Crippen LogP contribution in [0.15, 0.2) is 24.3 Å². The van der Waals surface area contributed by atoms with Crippen molar-refractivity contribution in [2.75, 3.05) is 6.61 Å². The number of hydrogen-bond donors (Lipinski definition) is 3. The number of aliphatic hydroxyl groups excluding tert-OH is 2. The molecule has 0 aromatic rings. The van der Waals surface area contributed by atoms with Crippen molar-refractivity contribution in [2.24, 2.45) is 0 Å². The minimum Gasteiger partial charge on any atom is -0.394 e. The molecule has 3 N–H and O–H groups in total. The van der Waals surface area contributed by atoms with Crippen LogP contribution in [0.5, 0.6) is 0 Å². The van der Waals surface area contributed by atoms with E-state index >= 15 is 0 Å². The van der Waals surface area contributed by atoms with Gasteiger partial charge in [-0.15, -0.1) is 0 Å². The maximum absolute atomic E-state index is 12.2. The molecule has 37 heavy (non-hydrogen) atoms. The molecule has 0 aliphatic rings. The van der Waals surface area contributed by atoms with Crippen molar-refractivity contribution in [3.63, 3.8) is 0 Å². The summed E-state index contributed by atoms with van der Waals surface area (Å²) in [5.74, 6) is -0.0767. The number of carbonyl (C=O) groups is 1. The van der Waals surface area contributed by atoms with Crippen molar-refractivity contribution in [3.05, 3.63) is 24.3 Å². The molecule has 1 amide bonds. The standard InChI is InChI=1S/C33H63NO3/c1-3-5-7-9-11-13-15-16-17-18-19-21-23-25-27-29-33(37)34-31(30-35)32(36)28-26-24-22-20-14-12-10-8-6-4-2/h16-17,26,28,31-32,35-36H,3-15,18-25,27,29-30H2,1-2H3,(H,34,37)/b17-16+,28-26+/t31-,32+/m0/s1. The van der Waals surface area contributed by atoms with E-state index in [4.69, 9.17) is 0 Å². The predicted octanol–water partition coefficient (Wildman–Crippen LogP) is 8.95. The molecule has 0 radical (unpaired) electrons. The summed E-state index contributed by atoms with van der Waals surface area (Å²) in [4.78, 5) is 12.2. The second kappa shape index (κ2) is 29.4. The van der Waals surface area contributed by atoms with Gasteiger partial charge in [-0.05, 0) is 44.9 Å². The summed E-state index contributed by atoms with van der Waals surface area (Å²) in [7, 11) is 0. The van der Waals surface area contributed by atoms with Crippen molar-refractivity contribution in [3.8, 4) is 0 Å². The quantitative estimate of drug-likeness (QED) is 0.0711. The molecule has 4 nitrogen and oxygen atoms in total. The molecule has 0 spiro atoms. The molecular weight excluding hydrogens is 458 g/mol. The van der Waals surface area contributed by atoms with Crippen LogP contribution in [0.4, 0.5) is 0 Å². The Kier molecular flexibility index (Phi) is 28.5. The van der Waals surface area contributed by atoms with Gasteiger partial charge in [0.2, 0.25) is 5.91 Å². The van der Waals surface area contributed by atoms with Crippen LogP contribution in [-0.4, -0.2) is 34.9 Å². The van der Waals surface area contributed by atoms with E-state index in [1.165, 1.54) is 109 Å². The second-order valence-corrected chi connectivity index (χ2v) is 10.9. The molecule has 218 valence electrons. The number of unbranched alkanes of at least 4 members (excludes halogenated alkanes) is 19. The summed E-state index contributed by atoms with van der Waals surface area (Å²) in [6, 6.07) is -0.620. The lowest BCUT2D eigenvalue weighted by Crippen LogP contribution is -2.45. The zero-order valence-corrected chi connectivity index (χ0v) is 24.7. The van der Waals surface area contributed by atoms with Gasteiger partial charge in [0.25, 0.3) is 0 Å². The van der Waals surface area contributed by atoms with Crippen molar-refractivity contribution >= 4 is 5.91 Å². The van der Waals surface area contributed by atoms with Crippen molar-refractivity contribution in [1.29, 1.82) is 0 Å². The maximum Gasteiger partial charge on any atom is 0.220 e. The Morgan fingerprint density at radius 3 is 1.49 bits per heavy atom. The van der Waals surface area contributed by atoms with E-state index in [0.29, 0.717) is 6.42 Å². The molecule has 2 atom stereocenters. The van der Waals surface area contributed by atoms with Gasteiger partial charge in [0.05, 0.1) is 18.8 Å². The zero-order valence-electron chi connectivity index (χ0n) is 24.7.